The Bertz CT molecular complexity index is 1060. The van der Waals surface area contributed by atoms with Crippen LogP contribution in [0.2, 0.25) is 0 Å². The number of fused-ring (bicyclic) bond motifs is 1. The van der Waals surface area contributed by atoms with E-state index in [4.69, 9.17) is 0 Å². The molecule has 0 saturated carbocycles. The quantitative estimate of drug-likeness (QED) is 0.597. The van der Waals surface area contributed by atoms with E-state index in [-0.39, 0.29) is 16.8 Å². The van der Waals surface area contributed by atoms with E-state index in [0.29, 0.717) is 40.5 Å². The molecule has 1 aliphatic heterocycles. The monoisotopic (exact) mass is 399 g/mol. The predicted molar refractivity (Wildman–Crippen MR) is 108 cm³/mol. The van der Waals surface area contributed by atoms with Gasteiger partial charge in [0.15, 0.2) is 10.9 Å². The van der Waals surface area contributed by atoms with Crippen molar-refractivity contribution in [1.82, 2.24) is 9.97 Å². The number of hydrogen-bond donors (Lipinski definition) is 2. The third-order valence-corrected chi connectivity index (χ3v) is 5.92. The zero-order valence-corrected chi connectivity index (χ0v) is 16.9. The number of carbonyl (C=O) groups excluding carboxylic acids is 1. The number of thioether (sulfide) groups is 1. The van der Waals surface area contributed by atoms with Gasteiger partial charge in [-0.05, 0) is 35.3 Å². The number of aromatic amines is 1. The molecule has 2 heterocycles. The second kappa shape index (κ2) is 6.88. The Morgan fingerprint density at radius 1 is 1.29 bits per heavy atom. The molecule has 1 aromatic carbocycles. The Kier molecular flexibility index (Phi) is 4.65. The number of nitrogens with zero attached hydrogens (tertiary/aromatic N) is 1. The number of rotatable bonds is 3. The van der Waals surface area contributed by atoms with Crippen LogP contribution in [0.15, 0.2) is 45.5 Å². The van der Waals surface area contributed by atoms with Crippen LogP contribution in [0.25, 0.3) is 0 Å². The summed E-state index contributed by atoms with van der Waals surface area (Å²) in [7, 11) is 0. The lowest BCUT2D eigenvalue weighted by Crippen LogP contribution is -2.37. The summed E-state index contributed by atoms with van der Waals surface area (Å²) in [5.74, 6) is 0.200. The number of benzene rings is 1. The number of H-pyrrole nitrogens is 1. The van der Waals surface area contributed by atoms with E-state index in [1.807, 2.05) is 20.8 Å². The van der Waals surface area contributed by atoms with E-state index < -0.39 is 11.7 Å². The van der Waals surface area contributed by atoms with Gasteiger partial charge in [-0.25, -0.2) is 9.37 Å². The summed E-state index contributed by atoms with van der Waals surface area (Å²) in [6.07, 6.45) is 1.06. The number of Topliss-reactive ketones (excluding diaryl/α,β-unsaturated/α-hetero) is 1. The van der Waals surface area contributed by atoms with Crippen LogP contribution < -0.4 is 10.9 Å². The number of hydrogen-bond acceptors (Lipinski definition) is 5. The first-order valence-electron chi connectivity index (χ1n) is 9.35. The van der Waals surface area contributed by atoms with Gasteiger partial charge in [0.1, 0.15) is 11.6 Å². The summed E-state index contributed by atoms with van der Waals surface area (Å²) in [5.41, 5.74) is 1.82. The lowest BCUT2D eigenvalue weighted by molar-refractivity contribution is -0.118. The summed E-state index contributed by atoms with van der Waals surface area (Å²) < 4.78 is 14.0. The van der Waals surface area contributed by atoms with Crippen LogP contribution in [0.1, 0.15) is 50.7 Å². The molecule has 2 aliphatic rings. The van der Waals surface area contributed by atoms with Crippen molar-refractivity contribution in [3.8, 4) is 0 Å². The van der Waals surface area contributed by atoms with Gasteiger partial charge in [-0.15, -0.1) is 0 Å². The number of carbonyl (C=O) groups is 1. The molecule has 0 radical (unpaired) electrons. The average molecular weight is 399 g/mol. The fraction of sp³-hybridized carbons (Fsp3) is 0.381. The predicted octanol–water partition coefficient (Wildman–Crippen LogP) is 4.22. The highest BCUT2D eigenvalue weighted by molar-refractivity contribution is 7.99. The van der Waals surface area contributed by atoms with Crippen molar-refractivity contribution in [3.63, 3.8) is 0 Å². The first-order valence-corrected chi connectivity index (χ1v) is 10.3. The summed E-state index contributed by atoms with van der Waals surface area (Å²) in [6.45, 7) is 6.08. The lowest BCUT2D eigenvalue weighted by atomic mass is 9.69. The molecular weight excluding hydrogens is 377 g/mol. The van der Waals surface area contributed by atoms with Gasteiger partial charge in [-0.1, -0.05) is 44.7 Å². The van der Waals surface area contributed by atoms with E-state index in [2.05, 4.69) is 15.3 Å². The van der Waals surface area contributed by atoms with Gasteiger partial charge in [0.05, 0.1) is 5.56 Å². The fourth-order valence-electron chi connectivity index (χ4n) is 4.12. The maximum absolute atomic E-state index is 14.0. The van der Waals surface area contributed by atoms with Gasteiger partial charge in [0.25, 0.3) is 5.56 Å². The molecule has 0 unspecified atom stereocenters. The number of ketones is 1. The maximum atomic E-state index is 14.0. The molecule has 0 spiro atoms. The summed E-state index contributed by atoms with van der Waals surface area (Å²) in [5, 5.41) is 3.79. The van der Waals surface area contributed by atoms with Gasteiger partial charge in [-0.3, -0.25) is 9.59 Å². The number of aromatic nitrogens is 2. The van der Waals surface area contributed by atoms with Crippen LogP contribution in [0.5, 0.6) is 0 Å². The molecule has 2 N–H and O–H groups in total. The summed E-state index contributed by atoms with van der Waals surface area (Å²) in [4.78, 5) is 33.4. The van der Waals surface area contributed by atoms with Crippen molar-refractivity contribution < 1.29 is 9.18 Å². The number of halogens is 1. The Labute approximate surface area is 166 Å². The van der Waals surface area contributed by atoms with Crippen molar-refractivity contribution in [2.24, 2.45) is 5.41 Å². The molecule has 5 nitrogen and oxygen atoms in total. The average Bonchev–Trinajstić information content (AvgIpc) is 2.59. The van der Waals surface area contributed by atoms with Crippen molar-refractivity contribution in [2.75, 3.05) is 11.1 Å². The van der Waals surface area contributed by atoms with E-state index in [1.54, 1.807) is 12.1 Å². The van der Waals surface area contributed by atoms with Gasteiger partial charge in [-0.2, -0.15) is 0 Å². The van der Waals surface area contributed by atoms with E-state index in [9.17, 15) is 14.0 Å². The first kappa shape index (κ1) is 18.9. The Morgan fingerprint density at radius 3 is 2.79 bits per heavy atom. The molecule has 0 amide bonds. The molecule has 28 heavy (non-hydrogen) atoms. The van der Waals surface area contributed by atoms with Gasteiger partial charge in [0.2, 0.25) is 0 Å². The molecule has 4 rings (SSSR count). The first-order chi connectivity index (χ1) is 13.3. The maximum Gasteiger partial charge on any atom is 0.257 e. The minimum Gasteiger partial charge on any atom is -0.343 e. The van der Waals surface area contributed by atoms with Gasteiger partial charge >= 0.3 is 0 Å². The minimum atomic E-state index is -0.623. The highest BCUT2D eigenvalue weighted by Gasteiger charge is 2.42. The van der Waals surface area contributed by atoms with E-state index in [1.165, 1.54) is 23.9 Å². The normalized spacial score (nSPS) is 20.4. The third-order valence-electron chi connectivity index (χ3n) is 5.16. The minimum absolute atomic E-state index is 0.00919. The van der Waals surface area contributed by atoms with Crippen LogP contribution in [-0.4, -0.2) is 21.5 Å². The Balaban J connectivity index is 1.96. The topological polar surface area (TPSA) is 74.8 Å². The molecule has 1 atom stereocenters. The van der Waals surface area contributed by atoms with Crippen molar-refractivity contribution >= 4 is 23.4 Å². The number of anilines is 1. The van der Waals surface area contributed by atoms with E-state index >= 15 is 0 Å². The smallest absolute Gasteiger partial charge is 0.257 e. The largest absolute Gasteiger partial charge is 0.343 e. The molecule has 0 bridgehead atoms. The van der Waals surface area contributed by atoms with Crippen LogP contribution in [0.4, 0.5) is 10.2 Å². The van der Waals surface area contributed by atoms with Gasteiger partial charge < -0.3 is 10.3 Å². The number of nitrogens with one attached hydrogen (secondary N) is 2. The highest BCUT2D eigenvalue weighted by Crippen LogP contribution is 2.47. The Hall–Kier alpha value is -2.41. The summed E-state index contributed by atoms with van der Waals surface area (Å²) >= 11 is 1.44. The molecule has 2 aromatic rings. The second-order valence-electron chi connectivity index (χ2n) is 8.01. The van der Waals surface area contributed by atoms with E-state index in [0.717, 1.165) is 11.4 Å². The van der Waals surface area contributed by atoms with Crippen LogP contribution in [0.3, 0.4) is 0 Å². The molecule has 0 fully saturated rings. The Morgan fingerprint density at radius 2 is 2.07 bits per heavy atom. The molecular formula is C21H22FN3O2S. The molecule has 1 aliphatic carbocycles. The SMILES string of the molecule is CCSc1nc2c(c(=O)[nH]1)[C@H](c1cccc(F)c1)C1=C(CC(C)(C)CC1=O)N2. The van der Waals surface area contributed by atoms with Gasteiger partial charge in [0, 0.05) is 23.6 Å². The van der Waals surface area contributed by atoms with Crippen molar-refractivity contribution in [1.29, 1.82) is 0 Å². The van der Waals surface area contributed by atoms with Crippen LogP contribution in [0, 0.1) is 11.2 Å². The zero-order chi connectivity index (χ0) is 20.1. The summed E-state index contributed by atoms with van der Waals surface area (Å²) in [6, 6.07) is 6.11. The number of allylic oxidation sites excluding steroid dienone is 2. The third kappa shape index (κ3) is 3.28. The molecule has 1 aromatic heterocycles. The zero-order valence-electron chi connectivity index (χ0n) is 16.1. The second-order valence-corrected chi connectivity index (χ2v) is 9.27. The molecule has 146 valence electrons. The van der Waals surface area contributed by atoms with Crippen LogP contribution in [-0.2, 0) is 4.79 Å². The lowest BCUT2D eigenvalue weighted by Gasteiger charge is -2.38. The molecule has 7 heteroatoms. The standard InChI is InChI=1S/C21H22FN3O2S/c1-4-28-20-24-18-17(19(27)25-20)15(11-6-5-7-12(22)8-11)16-13(23-18)9-21(2,3)10-14(16)26/h5-8,15H,4,9-10H2,1-3H3,(H2,23,24,25,27)/t15-/m1/s1. The van der Waals surface area contributed by atoms with Crippen molar-refractivity contribution in [2.45, 2.75) is 44.7 Å². The molecule has 0 saturated heterocycles. The van der Waals surface area contributed by atoms with Crippen molar-refractivity contribution in [3.05, 3.63) is 62.8 Å². The van der Waals surface area contributed by atoms with Crippen LogP contribution >= 0.6 is 11.8 Å². The highest BCUT2D eigenvalue weighted by atomic mass is 32.2. The fourth-order valence-corrected chi connectivity index (χ4v) is 4.71.